The molecule has 1 aromatic heterocycles. The van der Waals surface area contributed by atoms with E-state index in [1.807, 2.05) is 6.92 Å². The molecule has 6 nitrogen and oxygen atoms in total. The van der Waals surface area contributed by atoms with Crippen molar-refractivity contribution in [2.45, 2.75) is 40.3 Å². The van der Waals surface area contributed by atoms with Gasteiger partial charge >= 0.3 is 5.97 Å². The van der Waals surface area contributed by atoms with Gasteiger partial charge in [0.15, 0.2) is 0 Å². The zero-order chi connectivity index (χ0) is 13.9. The first-order valence-electron chi connectivity index (χ1n) is 5.94. The lowest BCUT2D eigenvalue weighted by Gasteiger charge is -2.24. The minimum absolute atomic E-state index is 0.172. The molecule has 0 saturated heterocycles. The molecular formula is C12H19N3O3. The van der Waals surface area contributed by atoms with Crippen LogP contribution in [0.1, 0.15) is 37.0 Å². The lowest BCUT2D eigenvalue weighted by Crippen LogP contribution is -2.41. The summed E-state index contributed by atoms with van der Waals surface area (Å²) in [5.41, 5.74) is 1.18. The molecule has 0 aliphatic rings. The molecule has 0 aliphatic carbocycles. The van der Waals surface area contributed by atoms with Gasteiger partial charge in [0.2, 0.25) is 0 Å². The summed E-state index contributed by atoms with van der Waals surface area (Å²) in [5.74, 6) is -1.31. The maximum atomic E-state index is 12.3. The van der Waals surface area contributed by atoms with Gasteiger partial charge in [0.25, 0.3) is 5.91 Å². The molecule has 0 bridgehead atoms. The highest BCUT2D eigenvalue weighted by Gasteiger charge is 2.24. The van der Waals surface area contributed by atoms with Gasteiger partial charge in [-0.1, -0.05) is 0 Å². The van der Waals surface area contributed by atoms with Gasteiger partial charge in [-0.05, 0) is 33.8 Å². The second-order valence-electron chi connectivity index (χ2n) is 4.41. The molecule has 0 radical (unpaired) electrons. The average molecular weight is 253 g/mol. The Balaban J connectivity index is 3.05. The van der Waals surface area contributed by atoms with Crippen molar-refractivity contribution in [3.05, 3.63) is 17.5 Å². The summed E-state index contributed by atoms with van der Waals surface area (Å²) in [5, 5.41) is 13.0. The van der Waals surface area contributed by atoms with Crippen LogP contribution < -0.4 is 0 Å². The van der Waals surface area contributed by atoms with Gasteiger partial charge in [-0.2, -0.15) is 5.10 Å². The first kappa shape index (κ1) is 14.2. The lowest BCUT2D eigenvalue weighted by molar-refractivity contribution is -0.138. The van der Waals surface area contributed by atoms with E-state index in [0.29, 0.717) is 12.2 Å². The van der Waals surface area contributed by atoms with E-state index in [-0.39, 0.29) is 18.5 Å². The van der Waals surface area contributed by atoms with E-state index >= 15 is 0 Å². The number of amides is 1. The number of nitrogens with zero attached hydrogens (tertiary/aromatic N) is 3. The fourth-order valence-corrected chi connectivity index (χ4v) is 1.74. The van der Waals surface area contributed by atoms with Crippen LogP contribution in [0.15, 0.2) is 6.07 Å². The number of aryl methyl sites for hydroxylation is 2. The van der Waals surface area contributed by atoms with E-state index in [9.17, 15) is 9.59 Å². The molecule has 0 saturated carbocycles. The minimum atomic E-state index is -1.02. The minimum Gasteiger partial charge on any atom is -0.480 e. The molecule has 18 heavy (non-hydrogen) atoms. The van der Waals surface area contributed by atoms with Gasteiger partial charge in [0, 0.05) is 12.6 Å². The third-order valence-corrected chi connectivity index (χ3v) is 2.61. The van der Waals surface area contributed by atoms with Gasteiger partial charge in [0.1, 0.15) is 12.2 Å². The molecule has 1 amide bonds. The topological polar surface area (TPSA) is 75.4 Å². The summed E-state index contributed by atoms with van der Waals surface area (Å²) in [6.45, 7) is 7.55. The largest absolute Gasteiger partial charge is 0.480 e. The Morgan fingerprint density at radius 3 is 2.56 bits per heavy atom. The molecule has 0 spiro atoms. The summed E-state index contributed by atoms with van der Waals surface area (Å²) in [6, 6.07) is 1.51. The predicted octanol–water partition coefficient (Wildman–Crippen LogP) is 1.15. The van der Waals surface area contributed by atoms with E-state index in [1.54, 1.807) is 31.5 Å². The Bertz CT molecular complexity index is 451. The summed E-state index contributed by atoms with van der Waals surface area (Å²) in [6.07, 6.45) is 0. The highest BCUT2D eigenvalue weighted by molar-refractivity contribution is 5.94. The number of rotatable bonds is 5. The maximum absolute atomic E-state index is 12.3. The fourth-order valence-electron chi connectivity index (χ4n) is 1.74. The average Bonchev–Trinajstić information content (AvgIpc) is 2.65. The molecule has 0 aromatic carbocycles. The van der Waals surface area contributed by atoms with Crippen LogP contribution in [-0.4, -0.2) is 44.3 Å². The van der Waals surface area contributed by atoms with E-state index in [0.717, 1.165) is 5.69 Å². The smallest absolute Gasteiger partial charge is 0.323 e. The van der Waals surface area contributed by atoms with Crippen molar-refractivity contribution in [3.63, 3.8) is 0 Å². The zero-order valence-corrected chi connectivity index (χ0v) is 11.2. The molecule has 0 atom stereocenters. The fraction of sp³-hybridized carbons (Fsp3) is 0.583. The summed E-state index contributed by atoms with van der Waals surface area (Å²) >= 11 is 0. The van der Waals surface area contributed by atoms with Crippen LogP contribution >= 0.6 is 0 Å². The Morgan fingerprint density at radius 2 is 2.11 bits per heavy atom. The van der Waals surface area contributed by atoms with Crippen molar-refractivity contribution in [2.24, 2.45) is 0 Å². The Morgan fingerprint density at radius 1 is 1.50 bits per heavy atom. The van der Waals surface area contributed by atoms with Crippen LogP contribution in [0.3, 0.4) is 0 Å². The van der Waals surface area contributed by atoms with E-state index in [4.69, 9.17) is 5.11 Å². The maximum Gasteiger partial charge on any atom is 0.323 e. The molecule has 1 aromatic rings. The summed E-state index contributed by atoms with van der Waals surface area (Å²) in [4.78, 5) is 24.4. The van der Waals surface area contributed by atoms with Crippen LogP contribution in [-0.2, 0) is 11.3 Å². The number of carboxylic acid groups (broad SMARTS) is 1. The zero-order valence-electron chi connectivity index (χ0n) is 11.2. The molecule has 0 unspecified atom stereocenters. The molecule has 100 valence electrons. The lowest BCUT2D eigenvalue weighted by atomic mass is 10.2. The first-order valence-corrected chi connectivity index (χ1v) is 5.94. The van der Waals surface area contributed by atoms with Crippen molar-refractivity contribution in [1.29, 1.82) is 0 Å². The Kier molecular flexibility index (Phi) is 4.47. The second kappa shape index (κ2) is 5.66. The third kappa shape index (κ3) is 3.09. The SMILES string of the molecule is CCn1nc(C)cc1C(=O)N(CC(=O)O)C(C)C. The third-order valence-electron chi connectivity index (χ3n) is 2.61. The van der Waals surface area contributed by atoms with Crippen LogP contribution in [0, 0.1) is 6.92 Å². The predicted molar refractivity (Wildman–Crippen MR) is 66.4 cm³/mol. The van der Waals surface area contributed by atoms with Crippen molar-refractivity contribution < 1.29 is 14.7 Å². The number of aromatic nitrogens is 2. The number of aliphatic carboxylic acids is 1. The van der Waals surface area contributed by atoms with E-state index in [1.165, 1.54) is 4.90 Å². The van der Waals surface area contributed by atoms with Gasteiger partial charge in [-0.3, -0.25) is 14.3 Å². The van der Waals surface area contributed by atoms with Crippen molar-refractivity contribution >= 4 is 11.9 Å². The normalized spacial score (nSPS) is 10.7. The Hall–Kier alpha value is -1.85. The quantitative estimate of drug-likeness (QED) is 0.854. The van der Waals surface area contributed by atoms with Gasteiger partial charge < -0.3 is 10.0 Å². The van der Waals surface area contributed by atoms with Crippen molar-refractivity contribution in [1.82, 2.24) is 14.7 Å². The second-order valence-corrected chi connectivity index (χ2v) is 4.41. The summed E-state index contributed by atoms with van der Waals surface area (Å²) < 4.78 is 1.59. The number of hydrogen-bond donors (Lipinski definition) is 1. The van der Waals surface area contributed by atoms with Crippen molar-refractivity contribution in [2.75, 3.05) is 6.54 Å². The number of carboxylic acids is 1. The van der Waals surface area contributed by atoms with Crippen molar-refractivity contribution in [3.8, 4) is 0 Å². The molecule has 0 aliphatic heterocycles. The van der Waals surface area contributed by atoms with Gasteiger partial charge in [0.05, 0.1) is 5.69 Å². The Labute approximate surface area is 106 Å². The molecule has 1 rings (SSSR count). The van der Waals surface area contributed by atoms with E-state index < -0.39 is 5.97 Å². The molecular weight excluding hydrogens is 234 g/mol. The van der Waals surface area contributed by atoms with Crippen LogP contribution in [0.2, 0.25) is 0 Å². The standard InChI is InChI=1S/C12H19N3O3/c1-5-15-10(6-9(4)13-15)12(18)14(8(2)3)7-11(16)17/h6,8H,5,7H2,1-4H3,(H,16,17). The highest BCUT2D eigenvalue weighted by atomic mass is 16.4. The van der Waals surface area contributed by atoms with Crippen LogP contribution in [0.4, 0.5) is 0 Å². The van der Waals surface area contributed by atoms with Gasteiger partial charge in [-0.15, -0.1) is 0 Å². The monoisotopic (exact) mass is 253 g/mol. The number of hydrogen-bond acceptors (Lipinski definition) is 3. The summed E-state index contributed by atoms with van der Waals surface area (Å²) in [7, 11) is 0. The molecule has 6 heteroatoms. The number of carbonyl (C=O) groups excluding carboxylic acids is 1. The van der Waals surface area contributed by atoms with Gasteiger partial charge in [-0.25, -0.2) is 0 Å². The number of carbonyl (C=O) groups is 2. The van der Waals surface area contributed by atoms with E-state index in [2.05, 4.69) is 5.10 Å². The first-order chi connectivity index (χ1) is 8.36. The van der Waals surface area contributed by atoms with Crippen LogP contribution in [0.25, 0.3) is 0 Å². The molecule has 0 fully saturated rings. The van der Waals surface area contributed by atoms with Crippen LogP contribution in [0.5, 0.6) is 0 Å². The molecule has 1 heterocycles. The highest BCUT2D eigenvalue weighted by Crippen LogP contribution is 2.10. The molecule has 1 N–H and O–H groups in total.